The summed E-state index contributed by atoms with van der Waals surface area (Å²) >= 11 is 0. The van der Waals surface area contributed by atoms with Crippen molar-refractivity contribution in [1.29, 1.82) is 0 Å². The number of carbonyl (C=O) groups excluding carboxylic acids is 2. The number of hydrogen-bond acceptors (Lipinski definition) is 7. The van der Waals surface area contributed by atoms with Crippen LogP contribution >= 0.6 is 0 Å². The Hall–Kier alpha value is -3.70. The Morgan fingerprint density at radius 2 is 2.00 bits per heavy atom. The fraction of sp³-hybridized carbons (Fsp3) is 0.381. The summed E-state index contributed by atoms with van der Waals surface area (Å²) in [5.41, 5.74) is -0.957. The first kappa shape index (κ1) is 24.0. The van der Waals surface area contributed by atoms with Gasteiger partial charge in [0, 0.05) is 18.1 Å². The first-order chi connectivity index (χ1) is 15.4. The van der Waals surface area contributed by atoms with Crippen molar-refractivity contribution in [3.63, 3.8) is 0 Å². The van der Waals surface area contributed by atoms with Gasteiger partial charge in [-0.05, 0) is 33.8 Å². The Kier molecular flexibility index (Phi) is 6.56. The highest BCUT2D eigenvalue weighted by Gasteiger charge is 2.51. The van der Waals surface area contributed by atoms with Crippen LogP contribution < -0.4 is 10.6 Å². The number of urea groups is 1. The van der Waals surface area contributed by atoms with Crippen molar-refractivity contribution in [1.82, 2.24) is 15.1 Å². The van der Waals surface area contributed by atoms with Crippen LogP contribution in [0.2, 0.25) is 0 Å². The maximum absolute atomic E-state index is 13.1. The molecule has 2 N–H and O–H groups in total. The molecule has 0 bridgehead atoms. The number of alkyl halides is 3. The maximum Gasteiger partial charge on any atom is 0.401 e. The number of nitrogens with one attached hydrogen (secondary N) is 2. The summed E-state index contributed by atoms with van der Waals surface area (Å²) in [5.74, 6) is -0.173. The summed E-state index contributed by atoms with van der Waals surface area (Å²) in [6.07, 6.45) is 0.237. The largest absolute Gasteiger partial charge is 0.490 e. The number of ether oxygens (including phenoxy) is 1. The van der Waals surface area contributed by atoms with E-state index in [-0.39, 0.29) is 29.5 Å². The van der Waals surface area contributed by atoms with E-state index in [1.54, 1.807) is 26.0 Å². The molecular formula is C21H22F3N5O4. The van der Waals surface area contributed by atoms with Crippen molar-refractivity contribution in [3.05, 3.63) is 47.5 Å². The number of anilines is 2. The van der Waals surface area contributed by atoms with Crippen LogP contribution in [-0.2, 0) is 14.9 Å². The average Bonchev–Trinajstić information content (AvgIpc) is 3.19. The molecule has 176 valence electrons. The van der Waals surface area contributed by atoms with Crippen molar-refractivity contribution in [2.24, 2.45) is 0 Å². The number of ketones is 1. The molecule has 0 aliphatic heterocycles. The number of aryl methyl sites for hydroxylation is 1. The minimum atomic E-state index is -4.55. The number of amides is 2. The topological polar surface area (TPSA) is 119 Å². The molecule has 2 aromatic heterocycles. The lowest BCUT2D eigenvalue weighted by atomic mass is 9.89. The molecule has 12 heteroatoms. The van der Waals surface area contributed by atoms with Crippen LogP contribution in [-0.4, -0.2) is 39.7 Å². The van der Waals surface area contributed by atoms with E-state index in [0.717, 1.165) is 19.9 Å². The van der Waals surface area contributed by atoms with Crippen molar-refractivity contribution >= 4 is 28.9 Å². The molecule has 9 nitrogen and oxygen atoms in total. The first-order valence-electron chi connectivity index (χ1n) is 9.96. The Balaban J connectivity index is 1.69. The molecule has 0 spiro atoms. The van der Waals surface area contributed by atoms with E-state index in [9.17, 15) is 22.8 Å². The van der Waals surface area contributed by atoms with Crippen LogP contribution in [0.15, 0.2) is 34.7 Å². The number of Topliss-reactive ketones (excluding diaryl/α,β-unsaturated/α-hetero) is 1. The molecular weight excluding hydrogens is 443 g/mol. The lowest BCUT2D eigenvalue weighted by Crippen LogP contribution is -2.35. The smallest absolute Gasteiger partial charge is 0.401 e. The summed E-state index contributed by atoms with van der Waals surface area (Å²) in [6, 6.07) is 0.249. The first-order valence-corrected chi connectivity index (χ1v) is 9.96. The normalized spacial score (nSPS) is 14.5. The molecule has 0 radical (unpaired) electrons. The Morgan fingerprint density at radius 1 is 1.27 bits per heavy atom. The zero-order chi connectivity index (χ0) is 24.4. The predicted molar refractivity (Wildman–Crippen MR) is 112 cm³/mol. The Bertz CT molecular complexity index is 1140. The van der Waals surface area contributed by atoms with Gasteiger partial charge in [-0.25, -0.2) is 14.8 Å². The summed E-state index contributed by atoms with van der Waals surface area (Å²) in [6.45, 7) is 5.66. The highest BCUT2D eigenvalue weighted by molar-refractivity contribution is 6.01. The predicted octanol–water partition coefficient (Wildman–Crippen LogP) is 4.53. The second-order valence-electron chi connectivity index (χ2n) is 7.70. The SMILES string of the molecule is CCOC1=CC(c2ncc(NC(=O)Nc3cc(C(C)(C)C(F)(F)F)on3)c(C)n2)=CCC1=O. The lowest BCUT2D eigenvalue weighted by Gasteiger charge is -2.24. The molecule has 2 heterocycles. The molecule has 1 aliphatic carbocycles. The minimum absolute atomic E-state index is 0.137. The van der Waals surface area contributed by atoms with E-state index in [2.05, 4.69) is 25.8 Å². The van der Waals surface area contributed by atoms with Crippen LogP contribution in [0.5, 0.6) is 0 Å². The lowest BCUT2D eigenvalue weighted by molar-refractivity contribution is -0.185. The number of carbonyl (C=O) groups is 2. The van der Waals surface area contributed by atoms with Gasteiger partial charge < -0.3 is 14.6 Å². The van der Waals surface area contributed by atoms with Gasteiger partial charge in [0.15, 0.2) is 23.2 Å². The number of allylic oxidation sites excluding steroid dienone is 4. The summed E-state index contributed by atoms with van der Waals surface area (Å²) in [4.78, 5) is 32.7. The van der Waals surface area contributed by atoms with Gasteiger partial charge in [-0.1, -0.05) is 11.2 Å². The van der Waals surface area contributed by atoms with Gasteiger partial charge in [0.2, 0.25) is 5.78 Å². The fourth-order valence-electron chi connectivity index (χ4n) is 2.78. The third-order valence-corrected chi connectivity index (χ3v) is 4.93. The quantitative estimate of drug-likeness (QED) is 0.643. The summed E-state index contributed by atoms with van der Waals surface area (Å²) < 4.78 is 49.5. The molecule has 0 unspecified atom stereocenters. The second-order valence-corrected chi connectivity index (χ2v) is 7.70. The third kappa shape index (κ3) is 5.21. The van der Waals surface area contributed by atoms with E-state index in [0.29, 0.717) is 23.7 Å². The highest BCUT2D eigenvalue weighted by Crippen LogP contribution is 2.41. The maximum atomic E-state index is 13.1. The molecule has 0 fully saturated rings. The second kappa shape index (κ2) is 9.04. The molecule has 33 heavy (non-hydrogen) atoms. The van der Waals surface area contributed by atoms with Crippen molar-refractivity contribution in [3.8, 4) is 0 Å². The van der Waals surface area contributed by atoms with Crippen molar-refractivity contribution in [2.75, 3.05) is 17.2 Å². The Morgan fingerprint density at radius 3 is 2.64 bits per heavy atom. The van der Waals surface area contributed by atoms with Crippen molar-refractivity contribution < 1.29 is 32.0 Å². The van der Waals surface area contributed by atoms with Crippen LogP contribution in [0.3, 0.4) is 0 Å². The van der Waals surface area contributed by atoms with Gasteiger partial charge in [0.05, 0.1) is 24.2 Å². The molecule has 0 saturated carbocycles. The zero-order valence-corrected chi connectivity index (χ0v) is 18.3. The molecule has 2 amide bonds. The highest BCUT2D eigenvalue weighted by atomic mass is 19.4. The fourth-order valence-corrected chi connectivity index (χ4v) is 2.78. The van der Waals surface area contributed by atoms with Gasteiger partial charge in [-0.3, -0.25) is 10.1 Å². The van der Waals surface area contributed by atoms with E-state index in [1.165, 1.54) is 6.20 Å². The number of nitrogens with zero attached hydrogens (tertiary/aromatic N) is 3. The van der Waals surface area contributed by atoms with E-state index in [1.807, 2.05) is 0 Å². The summed E-state index contributed by atoms with van der Waals surface area (Å²) in [7, 11) is 0. The van der Waals surface area contributed by atoms with Crippen LogP contribution in [0.4, 0.5) is 29.5 Å². The standard InChI is InChI=1S/C21H22F3N5O4/c1-5-32-15-8-12(6-7-14(15)30)18-25-10-13(11(2)26-18)27-19(31)28-17-9-16(33-29-17)20(3,4)21(22,23)24/h6,8-10H,5,7H2,1-4H3,(H2,27,28,29,31). The van der Waals surface area contributed by atoms with Crippen LogP contribution in [0.1, 0.15) is 44.5 Å². The monoisotopic (exact) mass is 465 g/mol. The van der Waals surface area contributed by atoms with Gasteiger partial charge >= 0.3 is 12.2 Å². The van der Waals surface area contributed by atoms with Crippen molar-refractivity contribution in [2.45, 2.75) is 45.7 Å². The van der Waals surface area contributed by atoms with Gasteiger partial charge in [-0.15, -0.1) is 0 Å². The number of rotatable bonds is 6. The minimum Gasteiger partial charge on any atom is -0.490 e. The van der Waals surface area contributed by atoms with Crippen LogP contribution in [0.25, 0.3) is 5.57 Å². The van der Waals surface area contributed by atoms with E-state index >= 15 is 0 Å². The third-order valence-electron chi connectivity index (χ3n) is 4.93. The number of hydrogen-bond donors (Lipinski definition) is 2. The van der Waals surface area contributed by atoms with E-state index < -0.39 is 23.4 Å². The average molecular weight is 465 g/mol. The number of halogens is 3. The van der Waals surface area contributed by atoms with Gasteiger partial charge in [0.25, 0.3) is 0 Å². The van der Waals surface area contributed by atoms with Crippen LogP contribution in [0, 0.1) is 6.92 Å². The molecule has 1 aliphatic rings. The molecule has 3 rings (SSSR count). The molecule has 2 aromatic rings. The van der Waals surface area contributed by atoms with E-state index in [4.69, 9.17) is 9.26 Å². The van der Waals surface area contributed by atoms with Gasteiger partial charge in [0.1, 0.15) is 5.41 Å². The zero-order valence-electron chi connectivity index (χ0n) is 18.3. The summed E-state index contributed by atoms with van der Waals surface area (Å²) in [5, 5.41) is 8.29. The van der Waals surface area contributed by atoms with Gasteiger partial charge in [-0.2, -0.15) is 13.2 Å². The molecule has 0 saturated heterocycles. The molecule has 0 atom stereocenters. The Labute approximate surface area is 187 Å². The number of aromatic nitrogens is 3. The molecule has 0 aromatic carbocycles.